The van der Waals surface area contributed by atoms with Crippen LogP contribution in [0.1, 0.15) is 36.8 Å². The van der Waals surface area contributed by atoms with Gasteiger partial charge in [0, 0.05) is 5.02 Å². The van der Waals surface area contributed by atoms with Crippen LogP contribution in [0.25, 0.3) is 0 Å². The molecule has 6 heteroatoms. The highest BCUT2D eigenvalue weighted by atomic mass is 35.5. The molecule has 1 aliphatic rings. The van der Waals surface area contributed by atoms with E-state index < -0.39 is 0 Å². The molecule has 0 saturated carbocycles. The number of ether oxygens (including phenoxy) is 2. The predicted octanol–water partition coefficient (Wildman–Crippen LogP) is 5.02. The van der Waals surface area contributed by atoms with Gasteiger partial charge in [0.1, 0.15) is 0 Å². The van der Waals surface area contributed by atoms with E-state index in [2.05, 4.69) is 34.9 Å². The maximum Gasteiger partial charge on any atom is 0.231 e. The normalized spacial score (nSPS) is 12.0. The van der Waals surface area contributed by atoms with E-state index in [9.17, 15) is 0 Å². The molecule has 0 saturated heterocycles. The SMILES string of the molecule is Cl.Clc1ccc(CCNCCCCCCNCCc2ccc3c(c2)OCO3)cc1. The molecule has 2 N–H and O–H groups in total. The highest BCUT2D eigenvalue weighted by Crippen LogP contribution is 2.32. The average Bonchev–Trinajstić information content (AvgIpc) is 3.18. The van der Waals surface area contributed by atoms with Crippen LogP contribution in [0, 0.1) is 0 Å². The van der Waals surface area contributed by atoms with Gasteiger partial charge < -0.3 is 20.1 Å². The summed E-state index contributed by atoms with van der Waals surface area (Å²) in [6.07, 6.45) is 7.15. The van der Waals surface area contributed by atoms with Crippen LogP contribution in [0.15, 0.2) is 42.5 Å². The van der Waals surface area contributed by atoms with Crippen LogP contribution in [-0.4, -0.2) is 33.0 Å². The van der Waals surface area contributed by atoms with Crippen LogP contribution < -0.4 is 20.1 Å². The summed E-state index contributed by atoms with van der Waals surface area (Å²) in [5.41, 5.74) is 2.63. The van der Waals surface area contributed by atoms with Gasteiger partial charge in [-0.25, -0.2) is 0 Å². The zero-order chi connectivity index (χ0) is 19.4. The Morgan fingerprint density at radius 3 is 1.97 bits per heavy atom. The topological polar surface area (TPSA) is 42.5 Å². The fourth-order valence-corrected chi connectivity index (χ4v) is 3.44. The minimum atomic E-state index is 0. The Bertz CT molecular complexity index is 711. The van der Waals surface area contributed by atoms with Gasteiger partial charge in [-0.1, -0.05) is 42.6 Å². The van der Waals surface area contributed by atoms with Crippen molar-refractivity contribution in [1.82, 2.24) is 10.6 Å². The van der Waals surface area contributed by atoms with Crippen molar-refractivity contribution in [2.24, 2.45) is 0 Å². The van der Waals surface area contributed by atoms with E-state index in [1.54, 1.807) is 0 Å². The summed E-state index contributed by atoms with van der Waals surface area (Å²) in [5, 5.41) is 7.87. The van der Waals surface area contributed by atoms with E-state index in [1.165, 1.54) is 36.8 Å². The molecule has 0 radical (unpaired) electrons. The molecule has 29 heavy (non-hydrogen) atoms. The van der Waals surface area contributed by atoms with Gasteiger partial charge >= 0.3 is 0 Å². The lowest BCUT2D eigenvalue weighted by atomic mass is 10.1. The number of benzene rings is 2. The smallest absolute Gasteiger partial charge is 0.231 e. The predicted molar refractivity (Wildman–Crippen MR) is 123 cm³/mol. The third-order valence-electron chi connectivity index (χ3n) is 4.99. The number of fused-ring (bicyclic) bond motifs is 1. The molecule has 2 aromatic rings. The standard InChI is InChI=1S/C23H31ClN2O2.ClH/c24-21-8-5-19(6-9-21)11-15-25-13-3-1-2-4-14-26-16-12-20-7-10-22-23(17-20)28-18-27-22;/h5-10,17,25-26H,1-4,11-16,18H2;1H. The minimum Gasteiger partial charge on any atom is -0.454 e. The van der Waals surface area contributed by atoms with Crippen molar-refractivity contribution in [3.8, 4) is 11.5 Å². The molecule has 4 nitrogen and oxygen atoms in total. The van der Waals surface area contributed by atoms with E-state index in [4.69, 9.17) is 21.1 Å². The summed E-state index contributed by atoms with van der Waals surface area (Å²) in [6.45, 7) is 4.57. The number of halogens is 2. The van der Waals surface area contributed by atoms with Crippen LogP contribution in [0.5, 0.6) is 11.5 Å². The van der Waals surface area contributed by atoms with Crippen LogP contribution in [0.2, 0.25) is 5.02 Å². The second kappa shape index (κ2) is 13.7. The van der Waals surface area contributed by atoms with Gasteiger partial charge in [0.05, 0.1) is 0 Å². The molecule has 0 atom stereocenters. The van der Waals surface area contributed by atoms with E-state index in [0.29, 0.717) is 6.79 Å². The Balaban J connectivity index is 0.00000300. The monoisotopic (exact) mass is 438 g/mol. The molecule has 0 aromatic heterocycles. The van der Waals surface area contributed by atoms with Crippen LogP contribution >= 0.6 is 24.0 Å². The van der Waals surface area contributed by atoms with Gasteiger partial charge in [0.2, 0.25) is 6.79 Å². The molecule has 0 unspecified atom stereocenters. The van der Waals surface area contributed by atoms with E-state index in [-0.39, 0.29) is 12.4 Å². The fourth-order valence-electron chi connectivity index (χ4n) is 3.32. The number of hydrogen-bond acceptors (Lipinski definition) is 4. The van der Waals surface area contributed by atoms with E-state index in [1.807, 2.05) is 18.2 Å². The van der Waals surface area contributed by atoms with Gasteiger partial charge in [-0.3, -0.25) is 0 Å². The summed E-state index contributed by atoms with van der Waals surface area (Å²) >= 11 is 5.90. The van der Waals surface area contributed by atoms with Crippen molar-refractivity contribution in [2.45, 2.75) is 38.5 Å². The van der Waals surface area contributed by atoms with E-state index in [0.717, 1.165) is 55.5 Å². The van der Waals surface area contributed by atoms with Crippen LogP contribution in [-0.2, 0) is 12.8 Å². The molecule has 0 aliphatic carbocycles. The van der Waals surface area contributed by atoms with Crippen LogP contribution in [0.3, 0.4) is 0 Å². The van der Waals surface area contributed by atoms with Gasteiger partial charge in [0.15, 0.2) is 11.5 Å². The summed E-state index contributed by atoms with van der Waals surface area (Å²) in [6, 6.07) is 14.3. The summed E-state index contributed by atoms with van der Waals surface area (Å²) in [4.78, 5) is 0. The zero-order valence-electron chi connectivity index (χ0n) is 16.9. The lowest BCUT2D eigenvalue weighted by molar-refractivity contribution is 0.174. The molecule has 0 amide bonds. The number of hydrogen-bond donors (Lipinski definition) is 2. The summed E-state index contributed by atoms with van der Waals surface area (Å²) < 4.78 is 10.8. The minimum absolute atomic E-state index is 0. The van der Waals surface area contributed by atoms with Crippen molar-refractivity contribution < 1.29 is 9.47 Å². The number of nitrogens with one attached hydrogen (secondary N) is 2. The van der Waals surface area contributed by atoms with Gasteiger partial charge in [-0.2, -0.15) is 0 Å². The Morgan fingerprint density at radius 2 is 1.28 bits per heavy atom. The number of rotatable bonds is 13. The molecule has 0 bridgehead atoms. The molecule has 160 valence electrons. The third-order valence-corrected chi connectivity index (χ3v) is 5.24. The van der Waals surface area contributed by atoms with Crippen LogP contribution in [0.4, 0.5) is 0 Å². The first-order valence-corrected chi connectivity index (χ1v) is 10.7. The Labute approximate surface area is 185 Å². The van der Waals surface area contributed by atoms with E-state index >= 15 is 0 Å². The molecular weight excluding hydrogens is 407 g/mol. The highest BCUT2D eigenvalue weighted by Gasteiger charge is 2.12. The molecule has 3 rings (SSSR count). The quantitative estimate of drug-likeness (QED) is 0.431. The average molecular weight is 439 g/mol. The first-order chi connectivity index (χ1) is 13.8. The Hall–Kier alpha value is -1.46. The summed E-state index contributed by atoms with van der Waals surface area (Å²) in [5.74, 6) is 1.73. The molecular formula is C23H32Cl2N2O2. The maximum atomic E-state index is 5.90. The van der Waals surface area contributed by atoms with Gasteiger partial charge in [-0.15, -0.1) is 12.4 Å². The first kappa shape index (κ1) is 23.8. The number of unbranched alkanes of at least 4 members (excludes halogenated alkanes) is 3. The summed E-state index contributed by atoms with van der Waals surface area (Å²) in [7, 11) is 0. The lowest BCUT2D eigenvalue weighted by Crippen LogP contribution is -2.19. The van der Waals surface area contributed by atoms with Gasteiger partial charge in [0.25, 0.3) is 0 Å². The van der Waals surface area contributed by atoms with Crippen molar-refractivity contribution >= 4 is 24.0 Å². The molecule has 1 heterocycles. The maximum absolute atomic E-state index is 5.90. The van der Waals surface area contributed by atoms with Crippen molar-refractivity contribution in [3.05, 3.63) is 58.6 Å². The largest absolute Gasteiger partial charge is 0.454 e. The molecule has 0 spiro atoms. The van der Waals surface area contributed by atoms with Gasteiger partial charge in [-0.05, 0) is 87.3 Å². The lowest BCUT2D eigenvalue weighted by Gasteiger charge is -2.07. The molecule has 2 aromatic carbocycles. The van der Waals surface area contributed by atoms with Crippen molar-refractivity contribution in [3.63, 3.8) is 0 Å². The molecule has 1 aliphatic heterocycles. The Kier molecular flexibility index (Phi) is 11.3. The molecule has 0 fully saturated rings. The zero-order valence-corrected chi connectivity index (χ0v) is 18.5. The highest BCUT2D eigenvalue weighted by molar-refractivity contribution is 6.30. The third kappa shape index (κ3) is 8.83. The van der Waals surface area contributed by atoms with Crippen molar-refractivity contribution in [2.75, 3.05) is 33.0 Å². The Morgan fingerprint density at radius 1 is 0.690 bits per heavy atom. The first-order valence-electron chi connectivity index (χ1n) is 10.4. The van der Waals surface area contributed by atoms with Crippen molar-refractivity contribution in [1.29, 1.82) is 0 Å². The fraction of sp³-hybridized carbons (Fsp3) is 0.478. The second-order valence-corrected chi connectivity index (χ2v) is 7.66. The second-order valence-electron chi connectivity index (χ2n) is 7.23.